The molecule has 0 fully saturated rings. The fourth-order valence-electron chi connectivity index (χ4n) is 3.24. The number of rotatable bonds is 2. The number of thiophene rings is 1. The molecule has 1 aliphatic carbocycles. The number of aryl methyl sites for hydroxylation is 1. The molecule has 1 aliphatic rings. The largest absolute Gasteiger partial charge is 0.383 e. The van der Waals surface area contributed by atoms with Crippen LogP contribution in [0.5, 0.6) is 0 Å². The van der Waals surface area contributed by atoms with Crippen molar-refractivity contribution in [3.63, 3.8) is 0 Å². The zero-order chi connectivity index (χ0) is 14.4. The van der Waals surface area contributed by atoms with Gasteiger partial charge in [0.1, 0.15) is 5.60 Å². The predicted octanol–water partition coefficient (Wildman–Crippen LogP) is 3.57. The molecule has 3 rings (SSSR count). The molecule has 1 N–H and O–H groups in total. The summed E-state index contributed by atoms with van der Waals surface area (Å²) in [6.07, 6.45) is 1.23. The van der Waals surface area contributed by atoms with Gasteiger partial charge >= 0.3 is 0 Å². The van der Waals surface area contributed by atoms with Crippen LogP contribution in [-0.2, 0) is 18.4 Å². The third-order valence-corrected chi connectivity index (χ3v) is 5.78. The van der Waals surface area contributed by atoms with Crippen molar-refractivity contribution < 1.29 is 5.11 Å². The highest BCUT2D eigenvalue weighted by atomic mass is 32.1. The minimum Gasteiger partial charge on any atom is -0.383 e. The number of hydrogen-bond donors (Lipinski definition) is 1. The van der Waals surface area contributed by atoms with Crippen molar-refractivity contribution in [2.24, 2.45) is 5.41 Å². The molecule has 0 radical (unpaired) electrons. The molecule has 0 spiro atoms. The Hall–Kier alpha value is -1.63. The standard InChI is InChI=1S/C17H17NOS/c1-12-7-8-20-15(12)16(2,19)17(11-18)9-13-5-3-4-6-14(13)10-17/h3-8,19H,9-10H2,1-2H3. The molecule has 0 bridgehead atoms. The topological polar surface area (TPSA) is 44.0 Å². The van der Waals surface area contributed by atoms with Crippen LogP contribution in [0.2, 0.25) is 0 Å². The van der Waals surface area contributed by atoms with Crippen LogP contribution >= 0.6 is 11.3 Å². The fourth-order valence-corrected chi connectivity index (χ4v) is 4.32. The maximum absolute atomic E-state index is 11.2. The van der Waals surface area contributed by atoms with Crippen LogP contribution in [-0.4, -0.2) is 5.11 Å². The van der Waals surface area contributed by atoms with Crippen LogP contribution in [0.25, 0.3) is 0 Å². The summed E-state index contributed by atoms with van der Waals surface area (Å²) in [6.45, 7) is 3.79. The van der Waals surface area contributed by atoms with E-state index in [1.807, 2.05) is 30.5 Å². The van der Waals surface area contributed by atoms with E-state index in [1.54, 1.807) is 6.92 Å². The summed E-state index contributed by atoms with van der Waals surface area (Å²) in [5, 5.41) is 23.0. The highest BCUT2D eigenvalue weighted by Gasteiger charge is 2.53. The monoisotopic (exact) mass is 283 g/mol. The van der Waals surface area contributed by atoms with E-state index in [9.17, 15) is 10.4 Å². The lowest BCUT2D eigenvalue weighted by Gasteiger charge is -2.37. The Morgan fingerprint density at radius 2 is 1.85 bits per heavy atom. The van der Waals surface area contributed by atoms with E-state index in [0.717, 1.165) is 10.4 Å². The number of nitriles is 1. The highest BCUT2D eigenvalue weighted by Crippen LogP contribution is 2.50. The van der Waals surface area contributed by atoms with Crippen LogP contribution < -0.4 is 0 Å². The lowest BCUT2D eigenvalue weighted by atomic mass is 9.70. The maximum atomic E-state index is 11.2. The first kappa shape index (κ1) is 13.4. The Labute approximate surface area is 123 Å². The van der Waals surface area contributed by atoms with Gasteiger partial charge in [0, 0.05) is 4.88 Å². The Balaban J connectivity index is 2.09. The van der Waals surface area contributed by atoms with Gasteiger partial charge in [-0.25, -0.2) is 0 Å². The second kappa shape index (κ2) is 4.44. The Morgan fingerprint density at radius 3 is 2.30 bits per heavy atom. The van der Waals surface area contributed by atoms with Crippen LogP contribution in [0.4, 0.5) is 0 Å². The third-order valence-electron chi connectivity index (χ3n) is 4.55. The summed E-state index contributed by atoms with van der Waals surface area (Å²) in [5.41, 5.74) is 1.53. The Kier molecular flexibility index (Phi) is 2.97. The normalized spacial score (nSPS) is 19.1. The van der Waals surface area contributed by atoms with Crippen molar-refractivity contribution in [2.75, 3.05) is 0 Å². The molecule has 0 saturated carbocycles. The molecule has 1 aromatic carbocycles. The predicted molar refractivity (Wildman–Crippen MR) is 80.5 cm³/mol. The average molecular weight is 283 g/mol. The average Bonchev–Trinajstić information content (AvgIpc) is 3.02. The third kappa shape index (κ3) is 1.72. The van der Waals surface area contributed by atoms with Crippen molar-refractivity contribution >= 4 is 11.3 Å². The van der Waals surface area contributed by atoms with Gasteiger partial charge in [-0.3, -0.25) is 0 Å². The van der Waals surface area contributed by atoms with Crippen LogP contribution in [0.15, 0.2) is 35.7 Å². The Bertz CT molecular complexity index is 668. The number of nitrogens with zero attached hydrogens (tertiary/aromatic N) is 1. The molecule has 0 aliphatic heterocycles. The summed E-state index contributed by atoms with van der Waals surface area (Å²) in [5.74, 6) is 0. The lowest BCUT2D eigenvalue weighted by Crippen LogP contribution is -2.43. The number of fused-ring (bicyclic) bond motifs is 1. The fraction of sp³-hybridized carbons (Fsp3) is 0.353. The van der Waals surface area contributed by atoms with Gasteiger partial charge < -0.3 is 5.11 Å². The molecular weight excluding hydrogens is 266 g/mol. The zero-order valence-electron chi connectivity index (χ0n) is 11.7. The van der Waals surface area contributed by atoms with Gasteiger partial charge in [-0.15, -0.1) is 11.3 Å². The summed E-state index contributed by atoms with van der Waals surface area (Å²) < 4.78 is 0. The van der Waals surface area contributed by atoms with Crippen molar-refractivity contribution in [1.82, 2.24) is 0 Å². The zero-order valence-corrected chi connectivity index (χ0v) is 12.5. The van der Waals surface area contributed by atoms with Gasteiger partial charge in [0.2, 0.25) is 0 Å². The minimum absolute atomic E-state index is 0.615. The summed E-state index contributed by atoms with van der Waals surface area (Å²) in [4.78, 5) is 0.909. The highest BCUT2D eigenvalue weighted by molar-refractivity contribution is 7.10. The molecule has 20 heavy (non-hydrogen) atoms. The van der Waals surface area contributed by atoms with E-state index < -0.39 is 11.0 Å². The molecule has 0 saturated heterocycles. The van der Waals surface area contributed by atoms with Crippen molar-refractivity contribution in [3.05, 3.63) is 57.3 Å². The van der Waals surface area contributed by atoms with Gasteiger partial charge in [0.05, 0.1) is 11.5 Å². The molecule has 2 aromatic rings. The van der Waals surface area contributed by atoms with Crippen LogP contribution in [0, 0.1) is 23.7 Å². The molecule has 1 atom stereocenters. The molecule has 3 heteroatoms. The molecular formula is C17H17NOS. The second-order valence-electron chi connectivity index (χ2n) is 5.82. The van der Waals surface area contributed by atoms with Gasteiger partial charge in [0.15, 0.2) is 0 Å². The van der Waals surface area contributed by atoms with Crippen LogP contribution in [0.3, 0.4) is 0 Å². The molecule has 2 nitrogen and oxygen atoms in total. The second-order valence-corrected chi connectivity index (χ2v) is 6.74. The maximum Gasteiger partial charge on any atom is 0.115 e. The molecule has 1 heterocycles. The first-order chi connectivity index (χ1) is 9.50. The van der Waals surface area contributed by atoms with Crippen LogP contribution in [0.1, 0.15) is 28.5 Å². The number of benzene rings is 1. The van der Waals surface area contributed by atoms with Gasteiger partial charge in [-0.05, 0) is 54.8 Å². The van der Waals surface area contributed by atoms with Gasteiger partial charge in [-0.2, -0.15) is 5.26 Å². The molecule has 1 unspecified atom stereocenters. The summed E-state index contributed by atoms with van der Waals surface area (Å²) >= 11 is 1.53. The SMILES string of the molecule is Cc1ccsc1C(C)(O)C1(C#N)Cc2ccccc2C1. The van der Waals surface area contributed by atoms with E-state index in [2.05, 4.69) is 18.2 Å². The molecule has 0 amide bonds. The Morgan fingerprint density at radius 1 is 1.25 bits per heavy atom. The van der Waals surface area contributed by atoms with Gasteiger partial charge in [-0.1, -0.05) is 24.3 Å². The first-order valence-corrected chi connectivity index (χ1v) is 7.63. The lowest BCUT2D eigenvalue weighted by molar-refractivity contribution is -0.0377. The molecule has 102 valence electrons. The molecule has 1 aromatic heterocycles. The minimum atomic E-state index is -1.13. The van der Waals surface area contributed by atoms with E-state index in [0.29, 0.717) is 12.8 Å². The number of aliphatic hydroxyl groups is 1. The summed E-state index contributed by atoms with van der Waals surface area (Å²) in [7, 11) is 0. The quantitative estimate of drug-likeness (QED) is 0.915. The van der Waals surface area contributed by atoms with E-state index in [-0.39, 0.29) is 0 Å². The van der Waals surface area contributed by atoms with Crippen molar-refractivity contribution in [2.45, 2.75) is 32.3 Å². The van der Waals surface area contributed by atoms with E-state index >= 15 is 0 Å². The number of hydrogen-bond acceptors (Lipinski definition) is 3. The van der Waals surface area contributed by atoms with Crippen molar-refractivity contribution in [3.8, 4) is 6.07 Å². The van der Waals surface area contributed by atoms with Crippen molar-refractivity contribution in [1.29, 1.82) is 5.26 Å². The smallest absolute Gasteiger partial charge is 0.115 e. The summed E-state index contributed by atoms with van der Waals surface area (Å²) in [6, 6.07) is 12.6. The first-order valence-electron chi connectivity index (χ1n) is 6.75. The van der Waals surface area contributed by atoms with E-state index in [4.69, 9.17) is 0 Å². The van der Waals surface area contributed by atoms with Gasteiger partial charge in [0.25, 0.3) is 0 Å². The van der Waals surface area contributed by atoms with E-state index in [1.165, 1.54) is 22.5 Å².